The maximum atomic E-state index is 10.8. The van der Waals surface area contributed by atoms with Gasteiger partial charge in [-0.15, -0.1) is 0 Å². The molecule has 4 nitrogen and oxygen atoms in total. The van der Waals surface area contributed by atoms with Crippen molar-refractivity contribution in [3.05, 3.63) is 38.3 Å². The van der Waals surface area contributed by atoms with Crippen LogP contribution in [0.2, 0.25) is 0 Å². The van der Waals surface area contributed by atoms with Gasteiger partial charge in [0, 0.05) is 22.5 Å². The molecule has 0 saturated carbocycles. The number of rotatable bonds is 4. The van der Waals surface area contributed by atoms with Gasteiger partial charge < -0.3 is 5.11 Å². The van der Waals surface area contributed by atoms with Crippen LogP contribution in [0.5, 0.6) is 0 Å². The molecule has 1 atom stereocenters. The van der Waals surface area contributed by atoms with Crippen molar-refractivity contribution < 1.29 is 10.0 Å². The number of aliphatic hydroxyl groups is 1. The molecule has 0 radical (unpaired) electrons. The average Bonchev–Trinajstić information content (AvgIpc) is 2.16. The van der Waals surface area contributed by atoms with Crippen LogP contribution in [0.4, 0.5) is 5.69 Å². The molecule has 1 rings (SSSR count). The van der Waals surface area contributed by atoms with Crippen molar-refractivity contribution in [3.8, 4) is 0 Å². The van der Waals surface area contributed by atoms with Gasteiger partial charge in [-0.1, -0.05) is 29.8 Å². The fraction of sp³-hybridized carbons (Fsp3) is 0.455. The van der Waals surface area contributed by atoms with E-state index in [-0.39, 0.29) is 11.6 Å². The van der Waals surface area contributed by atoms with Crippen molar-refractivity contribution in [2.24, 2.45) is 5.92 Å². The van der Waals surface area contributed by atoms with Crippen LogP contribution in [0.15, 0.2) is 22.7 Å². The zero-order valence-electron chi connectivity index (χ0n) is 9.18. The third kappa shape index (κ3) is 3.28. The molecule has 0 aliphatic heterocycles. The summed E-state index contributed by atoms with van der Waals surface area (Å²) in [6.07, 6.45) is -0.263. The Morgan fingerprint density at radius 3 is 2.62 bits per heavy atom. The third-order valence-electron chi connectivity index (χ3n) is 2.44. The number of benzene rings is 1. The molecule has 0 aliphatic carbocycles. The summed E-state index contributed by atoms with van der Waals surface area (Å²) in [7, 11) is 0. The summed E-state index contributed by atoms with van der Waals surface area (Å²) in [4.78, 5) is 10.4. The Morgan fingerprint density at radius 1 is 1.50 bits per heavy atom. The Hall–Kier alpha value is -0.940. The maximum Gasteiger partial charge on any atom is 0.272 e. The predicted molar refractivity (Wildman–Crippen MR) is 65.3 cm³/mol. The zero-order chi connectivity index (χ0) is 12.3. The van der Waals surface area contributed by atoms with Gasteiger partial charge >= 0.3 is 0 Å². The van der Waals surface area contributed by atoms with E-state index in [1.807, 2.05) is 13.8 Å². The smallest absolute Gasteiger partial charge is 0.272 e. The van der Waals surface area contributed by atoms with Crippen molar-refractivity contribution >= 4 is 21.6 Å². The van der Waals surface area contributed by atoms with Gasteiger partial charge in [-0.25, -0.2) is 0 Å². The molecule has 16 heavy (non-hydrogen) atoms. The molecule has 0 aliphatic rings. The van der Waals surface area contributed by atoms with Crippen LogP contribution in [0, 0.1) is 16.0 Å². The largest absolute Gasteiger partial charge is 0.393 e. The van der Waals surface area contributed by atoms with E-state index in [2.05, 4.69) is 15.9 Å². The van der Waals surface area contributed by atoms with Crippen LogP contribution in [-0.2, 0) is 6.42 Å². The second-order valence-corrected chi connectivity index (χ2v) is 4.96. The fourth-order valence-electron chi connectivity index (χ4n) is 1.36. The SMILES string of the molecule is CC(C)C(O)Cc1cc(Br)ccc1[N+](=O)[O-]. The molecular formula is C11H14BrNO3. The first-order valence-corrected chi connectivity index (χ1v) is 5.82. The highest BCUT2D eigenvalue weighted by atomic mass is 79.9. The molecule has 1 aromatic rings. The van der Waals surface area contributed by atoms with Crippen LogP contribution < -0.4 is 0 Å². The molecular weight excluding hydrogens is 274 g/mol. The average molecular weight is 288 g/mol. The van der Waals surface area contributed by atoms with Crippen LogP contribution in [-0.4, -0.2) is 16.1 Å². The van der Waals surface area contributed by atoms with Crippen LogP contribution in [0.25, 0.3) is 0 Å². The highest BCUT2D eigenvalue weighted by Crippen LogP contribution is 2.25. The fourth-order valence-corrected chi connectivity index (χ4v) is 1.77. The topological polar surface area (TPSA) is 63.4 Å². The molecule has 0 spiro atoms. The third-order valence-corrected chi connectivity index (χ3v) is 2.93. The number of nitrogens with zero attached hydrogens (tertiary/aromatic N) is 1. The van der Waals surface area contributed by atoms with Crippen molar-refractivity contribution in [2.75, 3.05) is 0 Å². The molecule has 0 saturated heterocycles. The number of hydrogen-bond acceptors (Lipinski definition) is 3. The molecule has 0 bridgehead atoms. The Balaban J connectivity index is 3.01. The summed E-state index contributed by atoms with van der Waals surface area (Å²) in [6.45, 7) is 3.77. The standard InChI is InChI=1S/C11H14BrNO3/c1-7(2)11(14)6-8-5-9(12)3-4-10(8)13(15)16/h3-5,7,11,14H,6H2,1-2H3. The molecule has 1 N–H and O–H groups in total. The molecule has 1 aromatic carbocycles. The van der Waals surface area contributed by atoms with E-state index >= 15 is 0 Å². The summed E-state index contributed by atoms with van der Waals surface area (Å²) < 4.78 is 0.782. The van der Waals surface area contributed by atoms with E-state index < -0.39 is 11.0 Å². The predicted octanol–water partition coefficient (Wildman–Crippen LogP) is 2.92. The van der Waals surface area contributed by atoms with Gasteiger partial charge in [0.25, 0.3) is 5.69 Å². The summed E-state index contributed by atoms with van der Waals surface area (Å²) in [5.41, 5.74) is 0.614. The molecule has 88 valence electrons. The molecule has 5 heteroatoms. The lowest BCUT2D eigenvalue weighted by atomic mass is 9.98. The van der Waals surface area contributed by atoms with Gasteiger partial charge in [0.05, 0.1) is 11.0 Å². The van der Waals surface area contributed by atoms with E-state index in [0.717, 1.165) is 4.47 Å². The Kier molecular flexibility index (Phi) is 4.44. The highest BCUT2D eigenvalue weighted by Gasteiger charge is 2.18. The van der Waals surface area contributed by atoms with Crippen molar-refractivity contribution in [2.45, 2.75) is 26.4 Å². The number of nitro groups is 1. The maximum absolute atomic E-state index is 10.8. The van der Waals surface area contributed by atoms with Crippen LogP contribution >= 0.6 is 15.9 Å². The van der Waals surface area contributed by atoms with E-state index in [4.69, 9.17) is 0 Å². The monoisotopic (exact) mass is 287 g/mol. The number of halogens is 1. The lowest BCUT2D eigenvalue weighted by molar-refractivity contribution is -0.385. The summed E-state index contributed by atoms with van der Waals surface area (Å²) in [6, 6.07) is 4.76. The summed E-state index contributed by atoms with van der Waals surface area (Å²) in [5, 5.41) is 20.5. The number of aliphatic hydroxyl groups excluding tert-OH is 1. The zero-order valence-corrected chi connectivity index (χ0v) is 10.8. The first-order valence-electron chi connectivity index (χ1n) is 5.02. The number of hydrogen-bond donors (Lipinski definition) is 1. The summed E-state index contributed by atoms with van der Waals surface area (Å²) >= 11 is 3.27. The second kappa shape index (κ2) is 5.41. The minimum Gasteiger partial charge on any atom is -0.393 e. The van der Waals surface area contributed by atoms with Crippen LogP contribution in [0.1, 0.15) is 19.4 Å². The first kappa shape index (κ1) is 13.1. The minimum atomic E-state index is -0.562. The highest BCUT2D eigenvalue weighted by molar-refractivity contribution is 9.10. The lowest BCUT2D eigenvalue weighted by Crippen LogP contribution is -2.18. The molecule has 0 amide bonds. The Labute approximate surface area is 103 Å². The van der Waals surface area contributed by atoms with Crippen molar-refractivity contribution in [3.63, 3.8) is 0 Å². The van der Waals surface area contributed by atoms with Gasteiger partial charge in [-0.2, -0.15) is 0 Å². The molecule has 0 heterocycles. The van der Waals surface area contributed by atoms with Gasteiger partial charge in [0.1, 0.15) is 0 Å². The minimum absolute atomic E-state index is 0.0582. The number of nitro benzene ring substituents is 1. The van der Waals surface area contributed by atoms with Crippen molar-refractivity contribution in [1.29, 1.82) is 0 Å². The lowest BCUT2D eigenvalue weighted by Gasteiger charge is -2.14. The van der Waals surface area contributed by atoms with Gasteiger partial charge in [-0.05, 0) is 18.1 Å². The van der Waals surface area contributed by atoms with E-state index in [0.29, 0.717) is 12.0 Å². The molecule has 0 fully saturated rings. The van der Waals surface area contributed by atoms with E-state index in [1.165, 1.54) is 6.07 Å². The van der Waals surface area contributed by atoms with E-state index in [1.54, 1.807) is 12.1 Å². The Bertz CT molecular complexity index is 393. The Morgan fingerprint density at radius 2 is 2.12 bits per heavy atom. The van der Waals surface area contributed by atoms with Gasteiger partial charge in [-0.3, -0.25) is 10.1 Å². The normalized spacial score (nSPS) is 12.8. The van der Waals surface area contributed by atoms with Gasteiger partial charge in [0.2, 0.25) is 0 Å². The van der Waals surface area contributed by atoms with Gasteiger partial charge in [0.15, 0.2) is 0 Å². The van der Waals surface area contributed by atoms with Crippen molar-refractivity contribution in [1.82, 2.24) is 0 Å². The quantitative estimate of drug-likeness (QED) is 0.684. The van der Waals surface area contributed by atoms with E-state index in [9.17, 15) is 15.2 Å². The second-order valence-electron chi connectivity index (χ2n) is 4.05. The first-order chi connectivity index (χ1) is 7.41. The molecule has 0 aromatic heterocycles. The summed E-state index contributed by atoms with van der Waals surface area (Å²) in [5.74, 6) is 0.0820. The van der Waals surface area contributed by atoms with Crippen LogP contribution in [0.3, 0.4) is 0 Å². The molecule has 1 unspecified atom stereocenters.